The van der Waals surface area contributed by atoms with E-state index in [2.05, 4.69) is 0 Å². The minimum Gasteiger partial charge on any atom is -0.334 e. The molecule has 0 aliphatic rings. The van der Waals surface area contributed by atoms with Crippen molar-refractivity contribution >= 4 is 22.2 Å². The lowest BCUT2D eigenvalue weighted by Crippen LogP contribution is -2.37. The number of nitrogens with zero attached hydrogens (tertiary/aromatic N) is 3. The Bertz CT molecular complexity index is 490. The summed E-state index contributed by atoms with van der Waals surface area (Å²) in [4.78, 5) is 24.0. The number of amides is 1. The SMILES string of the molecule is CC(C)N(CCC#N)C(=O)c1ccc([N+](=O)[O-])s1. The van der Waals surface area contributed by atoms with Crippen LogP contribution in [0.3, 0.4) is 0 Å². The van der Waals surface area contributed by atoms with Crippen LogP contribution in [0.1, 0.15) is 29.9 Å². The van der Waals surface area contributed by atoms with Crippen LogP contribution in [-0.2, 0) is 0 Å². The van der Waals surface area contributed by atoms with E-state index in [1.165, 1.54) is 12.1 Å². The third-order valence-electron chi connectivity index (χ3n) is 2.33. The van der Waals surface area contributed by atoms with Gasteiger partial charge in [-0.25, -0.2) is 0 Å². The summed E-state index contributed by atoms with van der Waals surface area (Å²) in [7, 11) is 0. The second-order valence-electron chi connectivity index (χ2n) is 3.90. The molecule has 1 rings (SSSR count). The molecule has 0 saturated carbocycles. The molecule has 0 aliphatic heterocycles. The Morgan fingerprint density at radius 3 is 2.72 bits per heavy atom. The monoisotopic (exact) mass is 267 g/mol. The van der Waals surface area contributed by atoms with Crippen molar-refractivity contribution in [3.63, 3.8) is 0 Å². The second kappa shape index (κ2) is 6.12. The van der Waals surface area contributed by atoms with Gasteiger partial charge in [-0.05, 0) is 19.9 Å². The van der Waals surface area contributed by atoms with Crippen LogP contribution in [0.2, 0.25) is 0 Å². The smallest absolute Gasteiger partial charge is 0.324 e. The zero-order chi connectivity index (χ0) is 13.7. The van der Waals surface area contributed by atoms with Gasteiger partial charge in [0.15, 0.2) is 0 Å². The molecular formula is C11H13N3O3S. The van der Waals surface area contributed by atoms with Crippen LogP contribution in [0.25, 0.3) is 0 Å². The van der Waals surface area contributed by atoms with E-state index >= 15 is 0 Å². The van der Waals surface area contributed by atoms with E-state index in [9.17, 15) is 14.9 Å². The highest BCUT2D eigenvalue weighted by atomic mass is 32.1. The zero-order valence-electron chi connectivity index (χ0n) is 10.1. The molecule has 0 aliphatic carbocycles. The first-order valence-electron chi connectivity index (χ1n) is 5.39. The lowest BCUT2D eigenvalue weighted by molar-refractivity contribution is -0.380. The highest BCUT2D eigenvalue weighted by molar-refractivity contribution is 7.17. The van der Waals surface area contributed by atoms with Crippen LogP contribution in [-0.4, -0.2) is 28.3 Å². The predicted octanol–water partition coefficient (Wildman–Crippen LogP) is 2.42. The molecule has 1 amide bonds. The summed E-state index contributed by atoms with van der Waals surface area (Å²) in [5.74, 6) is -0.265. The summed E-state index contributed by atoms with van der Waals surface area (Å²) < 4.78 is 0. The molecule has 1 aromatic rings. The van der Waals surface area contributed by atoms with Crippen LogP contribution < -0.4 is 0 Å². The average molecular weight is 267 g/mol. The molecule has 96 valence electrons. The minimum atomic E-state index is -0.517. The van der Waals surface area contributed by atoms with Crippen molar-refractivity contribution in [2.75, 3.05) is 6.54 Å². The average Bonchev–Trinajstić information content (AvgIpc) is 2.78. The Kier molecular flexibility index (Phi) is 4.80. The Morgan fingerprint density at radius 1 is 1.61 bits per heavy atom. The van der Waals surface area contributed by atoms with Gasteiger partial charge in [0.2, 0.25) is 0 Å². The van der Waals surface area contributed by atoms with E-state index in [-0.39, 0.29) is 23.4 Å². The maximum atomic E-state index is 12.1. The topological polar surface area (TPSA) is 87.2 Å². The standard InChI is InChI=1S/C11H13N3O3S/c1-8(2)13(7-3-6-12)11(15)9-4-5-10(18-9)14(16)17/h4-5,8H,3,7H2,1-2H3. The van der Waals surface area contributed by atoms with Gasteiger partial charge in [-0.2, -0.15) is 5.26 Å². The van der Waals surface area contributed by atoms with Gasteiger partial charge in [0.05, 0.1) is 22.3 Å². The summed E-state index contributed by atoms with van der Waals surface area (Å²) in [5, 5.41) is 19.1. The Labute approximate surface area is 109 Å². The molecule has 0 spiro atoms. The quantitative estimate of drug-likeness (QED) is 0.605. The van der Waals surface area contributed by atoms with Gasteiger partial charge in [-0.15, -0.1) is 0 Å². The summed E-state index contributed by atoms with van der Waals surface area (Å²) >= 11 is 0.855. The van der Waals surface area contributed by atoms with Crippen LogP contribution in [0, 0.1) is 21.4 Å². The van der Waals surface area contributed by atoms with Gasteiger partial charge in [0, 0.05) is 18.7 Å². The number of nitriles is 1. The van der Waals surface area contributed by atoms with Gasteiger partial charge in [-0.3, -0.25) is 14.9 Å². The fourth-order valence-electron chi connectivity index (χ4n) is 1.45. The van der Waals surface area contributed by atoms with Crippen molar-refractivity contribution in [2.45, 2.75) is 26.3 Å². The molecule has 0 radical (unpaired) electrons. The summed E-state index contributed by atoms with van der Waals surface area (Å²) in [6.07, 6.45) is 0.247. The summed E-state index contributed by atoms with van der Waals surface area (Å²) in [5.41, 5.74) is 0. The maximum Gasteiger partial charge on any atom is 0.324 e. The van der Waals surface area contributed by atoms with E-state index in [1.807, 2.05) is 19.9 Å². The molecule has 6 nitrogen and oxygen atoms in total. The Hall–Kier alpha value is -1.94. The number of hydrogen-bond acceptors (Lipinski definition) is 5. The number of nitro groups is 1. The van der Waals surface area contributed by atoms with Crippen molar-refractivity contribution < 1.29 is 9.72 Å². The van der Waals surface area contributed by atoms with Gasteiger partial charge in [0.25, 0.3) is 5.91 Å². The van der Waals surface area contributed by atoms with Crippen LogP contribution in [0.15, 0.2) is 12.1 Å². The lowest BCUT2D eigenvalue weighted by Gasteiger charge is -2.25. The summed E-state index contributed by atoms with van der Waals surface area (Å²) in [6, 6.07) is 4.71. The number of thiophene rings is 1. The highest BCUT2D eigenvalue weighted by Crippen LogP contribution is 2.25. The maximum absolute atomic E-state index is 12.1. The molecule has 0 unspecified atom stereocenters. The van der Waals surface area contributed by atoms with E-state index in [4.69, 9.17) is 5.26 Å². The molecule has 18 heavy (non-hydrogen) atoms. The third kappa shape index (κ3) is 3.28. The van der Waals surface area contributed by atoms with Crippen molar-refractivity contribution in [3.05, 3.63) is 27.1 Å². The molecule has 1 heterocycles. The van der Waals surface area contributed by atoms with Crippen LogP contribution >= 0.6 is 11.3 Å². The van der Waals surface area contributed by atoms with Crippen LogP contribution in [0.5, 0.6) is 0 Å². The largest absolute Gasteiger partial charge is 0.334 e. The molecular weight excluding hydrogens is 254 g/mol. The minimum absolute atomic E-state index is 0.0491. The highest BCUT2D eigenvalue weighted by Gasteiger charge is 2.22. The fraction of sp³-hybridized carbons (Fsp3) is 0.455. The second-order valence-corrected chi connectivity index (χ2v) is 4.96. The van der Waals surface area contributed by atoms with Crippen LogP contribution in [0.4, 0.5) is 5.00 Å². The molecule has 0 saturated heterocycles. The fourth-order valence-corrected chi connectivity index (χ4v) is 2.22. The number of hydrogen-bond donors (Lipinski definition) is 0. The van der Waals surface area contributed by atoms with Gasteiger partial charge in [-0.1, -0.05) is 11.3 Å². The van der Waals surface area contributed by atoms with E-state index in [1.54, 1.807) is 4.90 Å². The summed E-state index contributed by atoms with van der Waals surface area (Å²) in [6.45, 7) is 4.02. The number of rotatable bonds is 5. The molecule has 0 bridgehead atoms. The predicted molar refractivity (Wildman–Crippen MR) is 67.4 cm³/mol. The van der Waals surface area contributed by atoms with E-state index < -0.39 is 4.92 Å². The molecule has 0 N–H and O–H groups in total. The molecule has 0 fully saturated rings. The van der Waals surface area contributed by atoms with Gasteiger partial charge < -0.3 is 4.90 Å². The first-order valence-corrected chi connectivity index (χ1v) is 6.21. The first kappa shape index (κ1) is 14.1. The zero-order valence-corrected chi connectivity index (χ0v) is 10.9. The lowest BCUT2D eigenvalue weighted by atomic mass is 10.2. The van der Waals surface area contributed by atoms with E-state index in [0.29, 0.717) is 11.4 Å². The van der Waals surface area contributed by atoms with Crippen molar-refractivity contribution in [2.24, 2.45) is 0 Å². The molecule has 0 atom stereocenters. The number of carbonyl (C=O) groups excluding carboxylic acids is 1. The van der Waals surface area contributed by atoms with Crippen molar-refractivity contribution in [3.8, 4) is 6.07 Å². The van der Waals surface area contributed by atoms with Gasteiger partial charge >= 0.3 is 5.00 Å². The van der Waals surface area contributed by atoms with Gasteiger partial charge in [0.1, 0.15) is 0 Å². The Morgan fingerprint density at radius 2 is 2.28 bits per heavy atom. The molecule has 7 heteroatoms. The molecule has 0 aromatic carbocycles. The van der Waals surface area contributed by atoms with Crippen molar-refractivity contribution in [1.29, 1.82) is 5.26 Å². The normalized spacial score (nSPS) is 10.1. The van der Waals surface area contributed by atoms with Crippen molar-refractivity contribution in [1.82, 2.24) is 4.90 Å². The third-order valence-corrected chi connectivity index (χ3v) is 3.36. The van der Waals surface area contributed by atoms with E-state index in [0.717, 1.165) is 11.3 Å². The Balaban J connectivity index is 2.88. The molecule has 1 aromatic heterocycles. The first-order chi connectivity index (χ1) is 8.47. The number of carbonyl (C=O) groups is 1.